The number of hydrogen-bond acceptors (Lipinski definition) is 7. The molecule has 4 rings (SSSR count). The normalized spacial score (nSPS) is 18.4. The van der Waals surface area contributed by atoms with Crippen LogP contribution in [0.1, 0.15) is 55.3 Å². The highest BCUT2D eigenvalue weighted by molar-refractivity contribution is 6.00. The molecule has 2 heterocycles. The van der Waals surface area contributed by atoms with Crippen molar-refractivity contribution in [2.45, 2.75) is 57.6 Å². The van der Waals surface area contributed by atoms with Gasteiger partial charge in [0.15, 0.2) is 17.3 Å². The quantitative estimate of drug-likeness (QED) is 0.127. The number of aliphatic imine (C=N–C) groups is 1. The van der Waals surface area contributed by atoms with Crippen molar-refractivity contribution >= 4 is 34.5 Å². The van der Waals surface area contributed by atoms with Gasteiger partial charge in [0.2, 0.25) is 5.78 Å². The van der Waals surface area contributed by atoms with Crippen LogP contribution in [0.15, 0.2) is 64.0 Å². The van der Waals surface area contributed by atoms with Gasteiger partial charge >= 0.3 is 0 Å². The predicted molar refractivity (Wildman–Crippen MR) is 151 cm³/mol. The number of amides is 1. The molecule has 0 bridgehead atoms. The lowest BCUT2D eigenvalue weighted by molar-refractivity contribution is -0.145. The zero-order chi connectivity index (χ0) is 28.6. The highest BCUT2D eigenvalue weighted by atomic mass is 16.4. The van der Waals surface area contributed by atoms with E-state index in [1.165, 1.54) is 4.90 Å². The van der Waals surface area contributed by atoms with Crippen molar-refractivity contribution in [1.82, 2.24) is 9.88 Å². The summed E-state index contributed by atoms with van der Waals surface area (Å²) in [5, 5.41) is 10.7. The van der Waals surface area contributed by atoms with Crippen molar-refractivity contribution in [1.29, 1.82) is 0 Å². The van der Waals surface area contributed by atoms with Crippen LogP contribution in [0.3, 0.4) is 0 Å². The summed E-state index contributed by atoms with van der Waals surface area (Å²) in [6.07, 6.45) is 0.973. The van der Waals surface area contributed by atoms with E-state index < -0.39 is 24.0 Å². The van der Waals surface area contributed by atoms with Crippen molar-refractivity contribution < 1.29 is 23.9 Å². The van der Waals surface area contributed by atoms with Crippen molar-refractivity contribution in [3.8, 4) is 0 Å². The van der Waals surface area contributed by atoms with Gasteiger partial charge in [-0.25, -0.2) is 4.98 Å². The van der Waals surface area contributed by atoms with Gasteiger partial charge in [-0.1, -0.05) is 49.4 Å². The van der Waals surface area contributed by atoms with E-state index in [9.17, 15) is 19.5 Å². The van der Waals surface area contributed by atoms with Crippen LogP contribution >= 0.6 is 0 Å². The first kappa shape index (κ1) is 28.9. The Kier molecular flexibility index (Phi) is 9.65. The number of aromatic nitrogens is 1. The van der Waals surface area contributed by atoms with Crippen molar-refractivity contribution in [3.05, 3.63) is 66.1 Å². The summed E-state index contributed by atoms with van der Waals surface area (Å²) in [7, 11) is 0. The topological polar surface area (TPSA) is 165 Å². The molecule has 1 amide bonds. The third-order valence-corrected chi connectivity index (χ3v) is 7.48. The third kappa shape index (κ3) is 7.12. The summed E-state index contributed by atoms with van der Waals surface area (Å²) in [5.74, 6) is -1.96. The summed E-state index contributed by atoms with van der Waals surface area (Å²) in [5.41, 5.74) is 12.9. The Morgan fingerprint density at radius 3 is 2.55 bits per heavy atom. The second-order valence-corrected chi connectivity index (χ2v) is 10.4. The van der Waals surface area contributed by atoms with Gasteiger partial charge < -0.3 is 25.9 Å². The number of Topliss-reactive ketones (excluding diaryl/α,β-unsaturated/α-hetero) is 2. The average Bonchev–Trinajstić information content (AvgIpc) is 3.56. The first-order valence-corrected chi connectivity index (χ1v) is 13.7. The molecule has 3 aromatic rings. The predicted octanol–water partition coefficient (Wildman–Crippen LogP) is 2.87. The molecule has 10 nitrogen and oxygen atoms in total. The molecule has 4 atom stereocenters. The van der Waals surface area contributed by atoms with Crippen molar-refractivity contribution in [2.75, 3.05) is 13.1 Å². The van der Waals surface area contributed by atoms with Crippen LogP contribution in [0.25, 0.3) is 11.1 Å². The number of ketones is 2. The van der Waals surface area contributed by atoms with E-state index in [1.807, 2.05) is 37.3 Å². The van der Waals surface area contributed by atoms with Crippen molar-refractivity contribution in [2.24, 2.45) is 28.3 Å². The van der Waals surface area contributed by atoms with Crippen LogP contribution in [-0.4, -0.2) is 63.7 Å². The number of aliphatic hydroxyl groups is 1. The molecule has 1 aliphatic heterocycles. The Balaban J connectivity index is 1.47. The molecule has 0 radical (unpaired) electrons. The molecule has 212 valence electrons. The Hall–Kier alpha value is -4.05. The first-order chi connectivity index (χ1) is 19.2. The Morgan fingerprint density at radius 2 is 1.82 bits per heavy atom. The molecule has 1 saturated heterocycles. The van der Waals surface area contributed by atoms with Crippen molar-refractivity contribution in [3.63, 3.8) is 0 Å². The van der Waals surface area contributed by atoms with Crippen LogP contribution in [0.2, 0.25) is 0 Å². The standard InChI is InChI=1S/C30H37N5O5/c1-19-15-17-35(29(39)23(36)14-13-20-8-3-2-4-9-20)26(19)24(37)18-21(10-7-16-33-30(31)32)27(38)28-34-22-11-5-6-12-25(22)40-28/h2-6,8-9,11-12,19,21,23,26,36H,7,10,13-18H2,1H3,(H4,31,32,33)/t19-,21+,23+,26-/m0/s1. The zero-order valence-electron chi connectivity index (χ0n) is 22.7. The maximum absolute atomic E-state index is 13.7. The number of carbonyl (C=O) groups excluding carboxylic acids is 3. The second-order valence-electron chi connectivity index (χ2n) is 10.4. The molecule has 40 heavy (non-hydrogen) atoms. The van der Waals surface area contributed by atoms with E-state index in [0.29, 0.717) is 49.9 Å². The minimum atomic E-state index is -1.21. The van der Waals surface area contributed by atoms with E-state index in [0.717, 1.165) is 5.56 Å². The monoisotopic (exact) mass is 547 g/mol. The minimum Gasteiger partial charge on any atom is -0.434 e. The number of para-hydroxylation sites is 2. The van der Waals surface area contributed by atoms with E-state index >= 15 is 0 Å². The van der Waals surface area contributed by atoms with E-state index in [2.05, 4.69) is 9.98 Å². The summed E-state index contributed by atoms with van der Waals surface area (Å²) < 4.78 is 5.70. The number of aryl methyl sites for hydroxylation is 1. The number of nitrogens with zero attached hydrogens (tertiary/aromatic N) is 3. The lowest BCUT2D eigenvalue weighted by atomic mass is 9.87. The SMILES string of the molecule is C[C@H]1CCN(C(=O)[C@H](O)CCc2ccccc2)[C@@H]1C(=O)C[C@@H](CCCN=C(N)N)C(=O)c1nc2ccccc2o1. The first-order valence-electron chi connectivity index (χ1n) is 13.7. The number of rotatable bonds is 13. The maximum atomic E-state index is 13.7. The van der Waals surface area contributed by atoms with Crippen LogP contribution in [0.4, 0.5) is 0 Å². The Labute approximate surface area is 233 Å². The fourth-order valence-corrected chi connectivity index (χ4v) is 5.34. The summed E-state index contributed by atoms with van der Waals surface area (Å²) in [6.45, 7) is 2.61. The number of guanidine groups is 1. The highest BCUT2D eigenvalue weighted by Gasteiger charge is 2.42. The number of hydrogen-bond donors (Lipinski definition) is 3. The second kappa shape index (κ2) is 13.3. The number of carbonyl (C=O) groups is 3. The maximum Gasteiger partial charge on any atom is 0.264 e. The molecule has 0 saturated carbocycles. The zero-order valence-corrected chi connectivity index (χ0v) is 22.7. The summed E-state index contributed by atoms with van der Waals surface area (Å²) in [6, 6.07) is 16.0. The van der Waals surface area contributed by atoms with Gasteiger partial charge in [0.25, 0.3) is 11.8 Å². The smallest absolute Gasteiger partial charge is 0.264 e. The average molecular weight is 548 g/mol. The molecule has 1 fully saturated rings. The van der Waals surface area contributed by atoms with Gasteiger partial charge in [0, 0.05) is 25.4 Å². The van der Waals surface area contributed by atoms with E-state index in [4.69, 9.17) is 15.9 Å². The van der Waals surface area contributed by atoms with Gasteiger partial charge in [0.1, 0.15) is 11.6 Å². The van der Waals surface area contributed by atoms with Gasteiger partial charge in [-0.2, -0.15) is 0 Å². The molecule has 0 spiro atoms. The molecule has 10 heteroatoms. The Morgan fingerprint density at radius 1 is 1.10 bits per heavy atom. The molecule has 1 aromatic heterocycles. The van der Waals surface area contributed by atoms with Gasteiger partial charge in [0.05, 0.1) is 6.04 Å². The minimum absolute atomic E-state index is 0.0438. The van der Waals surface area contributed by atoms with Gasteiger partial charge in [-0.15, -0.1) is 0 Å². The van der Waals surface area contributed by atoms with Crippen LogP contribution in [0, 0.1) is 11.8 Å². The number of benzene rings is 2. The number of fused-ring (bicyclic) bond motifs is 1. The fourth-order valence-electron chi connectivity index (χ4n) is 5.34. The van der Waals surface area contributed by atoms with Gasteiger partial charge in [-0.3, -0.25) is 19.4 Å². The van der Waals surface area contributed by atoms with Crippen LogP contribution in [-0.2, 0) is 16.0 Å². The largest absolute Gasteiger partial charge is 0.434 e. The number of aliphatic hydroxyl groups excluding tert-OH is 1. The summed E-state index contributed by atoms with van der Waals surface area (Å²) in [4.78, 5) is 50.2. The molecule has 0 unspecified atom stereocenters. The van der Waals surface area contributed by atoms with Crippen LogP contribution in [0.5, 0.6) is 0 Å². The summed E-state index contributed by atoms with van der Waals surface area (Å²) >= 11 is 0. The molecular formula is C30H37N5O5. The molecule has 5 N–H and O–H groups in total. The molecule has 0 aliphatic carbocycles. The van der Waals surface area contributed by atoms with Crippen LogP contribution < -0.4 is 11.5 Å². The number of nitrogens with two attached hydrogens (primary N) is 2. The highest BCUT2D eigenvalue weighted by Crippen LogP contribution is 2.30. The fraction of sp³-hybridized carbons (Fsp3) is 0.433. The molecule has 2 aromatic carbocycles. The lowest BCUT2D eigenvalue weighted by Crippen LogP contribution is -2.47. The number of oxazole rings is 1. The van der Waals surface area contributed by atoms with E-state index in [-0.39, 0.29) is 42.2 Å². The molecule has 1 aliphatic rings. The van der Waals surface area contributed by atoms with Gasteiger partial charge in [-0.05, 0) is 55.7 Å². The number of likely N-dealkylation sites (tertiary alicyclic amines) is 1. The third-order valence-electron chi connectivity index (χ3n) is 7.48. The lowest BCUT2D eigenvalue weighted by Gasteiger charge is -2.29. The van der Waals surface area contributed by atoms with E-state index in [1.54, 1.807) is 24.3 Å². The Bertz CT molecular complexity index is 1320. The molecular weight excluding hydrogens is 510 g/mol.